The van der Waals surface area contributed by atoms with Crippen LogP contribution in [0, 0.1) is 12.8 Å². The molecule has 2 atom stereocenters. The minimum absolute atomic E-state index is 0.347. The molecule has 0 aliphatic carbocycles. The first kappa shape index (κ1) is 11.9. The van der Waals surface area contributed by atoms with E-state index in [4.69, 9.17) is 4.74 Å². The van der Waals surface area contributed by atoms with Crippen LogP contribution in [0.2, 0.25) is 0 Å². The molecule has 0 aromatic carbocycles. The Balaban J connectivity index is 1.78. The number of aromatic nitrogens is 2. The van der Waals surface area contributed by atoms with Crippen molar-refractivity contribution < 1.29 is 4.74 Å². The first-order valence-corrected chi connectivity index (χ1v) is 7.18. The number of nitrogens with zero attached hydrogens (tertiary/aromatic N) is 2. The van der Waals surface area contributed by atoms with Gasteiger partial charge >= 0.3 is 0 Å². The van der Waals surface area contributed by atoms with Crippen molar-refractivity contribution in [1.29, 1.82) is 0 Å². The van der Waals surface area contributed by atoms with Crippen molar-refractivity contribution in [2.75, 3.05) is 18.5 Å². The first-order chi connectivity index (χ1) is 8.75. The predicted molar refractivity (Wildman–Crippen MR) is 74.2 cm³/mol. The highest BCUT2D eigenvalue weighted by Crippen LogP contribution is 2.29. The summed E-state index contributed by atoms with van der Waals surface area (Å²) >= 11 is 1.71. The van der Waals surface area contributed by atoms with E-state index in [-0.39, 0.29) is 0 Å². The smallest absolute Gasteiger partial charge is 0.147 e. The number of thiophene rings is 1. The van der Waals surface area contributed by atoms with Gasteiger partial charge in [0.15, 0.2) is 0 Å². The van der Waals surface area contributed by atoms with Gasteiger partial charge < -0.3 is 10.1 Å². The van der Waals surface area contributed by atoms with Gasteiger partial charge in [0.25, 0.3) is 0 Å². The molecular formula is C13H17N3OS. The summed E-state index contributed by atoms with van der Waals surface area (Å²) in [5, 5.41) is 5.58. The molecule has 1 saturated heterocycles. The van der Waals surface area contributed by atoms with E-state index in [0.29, 0.717) is 12.0 Å². The molecule has 96 valence electrons. The second-order valence-electron chi connectivity index (χ2n) is 4.82. The van der Waals surface area contributed by atoms with Crippen molar-refractivity contribution in [2.24, 2.45) is 5.92 Å². The maximum absolute atomic E-state index is 5.58. The van der Waals surface area contributed by atoms with Gasteiger partial charge in [0.1, 0.15) is 12.1 Å². The lowest BCUT2D eigenvalue weighted by atomic mass is 10.0. The van der Waals surface area contributed by atoms with Crippen LogP contribution in [0.1, 0.15) is 18.9 Å². The Morgan fingerprint density at radius 1 is 1.50 bits per heavy atom. The first-order valence-electron chi connectivity index (χ1n) is 6.30. The van der Waals surface area contributed by atoms with Crippen LogP contribution in [-0.4, -0.2) is 29.2 Å². The molecule has 5 heteroatoms. The third-order valence-electron chi connectivity index (χ3n) is 3.60. The van der Waals surface area contributed by atoms with Gasteiger partial charge in [-0.25, -0.2) is 9.97 Å². The van der Waals surface area contributed by atoms with Crippen molar-refractivity contribution in [3.63, 3.8) is 0 Å². The largest absolute Gasteiger partial charge is 0.378 e. The lowest BCUT2D eigenvalue weighted by molar-refractivity contribution is 0.108. The molecule has 1 aliphatic rings. The van der Waals surface area contributed by atoms with Gasteiger partial charge in [-0.05, 0) is 31.2 Å². The van der Waals surface area contributed by atoms with E-state index in [0.717, 1.165) is 35.6 Å². The average molecular weight is 263 g/mol. The highest BCUT2D eigenvalue weighted by atomic mass is 32.1. The minimum Gasteiger partial charge on any atom is -0.378 e. The Morgan fingerprint density at radius 3 is 3.17 bits per heavy atom. The molecule has 2 aromatic heterocycles. The Bertz CT molecular complexity index is 554. The Hall–Kier alpha value is -1.20. The molecule has 0 saturated carbocycles. The summed E-state index contributed by atoms with van der Waals surface area (Å²) in [4.78, 5) is 8.68. The standard InChI is InChI=1S/C13H17N3OS/c1-8-6-18-12-11(8)15-7-16-13(12)14-5-10-3-4-17-9(10)2/h6-7,9-10H,3-5H2,1-2H3,(H,14,15,16). The summed E-state index contributed by atoms with van der Waals surface area (Å²) in [7, 11) is 0. The maximum Gasteiger partial charge on any atom is 0.147 e. The predicted octanol–water partition coefficient (Wildman–Crippen LogP) is 2.84. The molecule has 1 fully saturated rings. The molecule has 3 rings (SSSR count). The van der Waals surface area contributed by atoms with Crippen LogP contribution >= 0.6 is 11.3 Å². The third kappa shape index (κ3) is 2.08. The molecular weight excluding hydrogens is 246 g/mol. The monoisotopic (exact) mass is 263 g/mol. The Kier molecular flexibility index (Phi) is 3.18. The number of fused-ring (bicyclic) bond motifs is 1. The number of nitrogens with one attached hydrogen (secondary N) is 1. The minimum atomic E-state index is 0.347. The highest BCUT2D eigenvalue weighted by molar-refractivity contribution is 7.18. The van der Waals surface area contributed by atoms with Crippen LogP contribution in [0.25, 0.3) is 10.2 Å². The van der Waals surface area contributed by atoms with Gasteiger partial charge in [0.05, 0.1) is 16.3 Å². The Morgan fingerprint density at radius 2 is 2.39 bits per heavy atom. The highest BCUT2D eigenvalue weighted by Gasteiger charge is 2.24. The Labute approximate surface area is 110 Å². The van der Waals surface area contributed by atoms with Crippen LogP contribution in [-0.2, 0) is 4.74 Å². The van der Waals surface area contributed by atoms with Crippen LogP contribution in [0.15, 0.2) is 11.7 Å². The molecule has 3 heterocycles. The molecule has 0 spiro atoms. The normalized spacial score (nSPS) is 23.7. The van der Waals surface area contributed by atoms with Crippen molar-refractivity contribution in [3.8, 4) is 0 Å². The van der Waals surface area contributed by atoms with Crippen molar-refractivity contribution in [2.45, 2.75) is 26.4 Å². The summed E-state index contributed by atoms with van der Waals surface area (Å²) in [6, 6.07) is 0. The molecule has 1 N–H and O–H groups in total. The van der Waals surface area contributed by atoms with E-state index in [1.54, 1.807) is 17.7 Å². The summed E-state index contributed by atoms with van der Waals surface area (Å²) in [5.74, 6) is 1.54. The van der Waals surface area contributed by atoms with Crippen LogP contribution in [0.5, 0.6) is 0 Å². The number of rotatable bonds is 3. The van der Waals surface area contributed by atoms with Crippen LogP contribution in [0.4, 0.5) is 5.82 Å². The quantitative estimate of drug-likeness (QED) is 0.925. The van der Waals surface area contributed by atoms with Gasteiger partial charge in [0.2, 0.25) is 0 Å². The molecule has 0 amide bonds. The zero-order valence-electron chi connectivity index (χ0n) is 10.6. The van der Waals surface area contributed by atoms with E-state index >= 15 is 0 Å². The van der Waals surface area contributed by atoms with E-state index in [9.17, 15) is 0 Å². The van der Waals surface area contributed by atoms with Gasteiger partial charge in [-0.1, -0.05) is 0 Å². The fourth-order valence-corrected chi connectivity index (χ4v) is 3.34. The number of hydrogen-bond donors (Lipinski definition) is 1. The third-order valence-corrected chi connectivity index (χ3v) is 4.69. The van der Waals surface area contributed by atoms with Crippen molar-refractivity contribution in [3.05, 3.63) is 17.3 Å². The molecule has 2 aromatic rings. The van der Waals surface area contributed by atoms with E-state index < -0.39 is 0 Å². The fourth-order valence-electron chi connectivity index (χ4n) is 2.37. The van der Waals surface area contributed by atoms with E-state index in [1.165, 1.54) is 5.56 Å². The van der Waals surface area contributed by atoms with E-state index in [1.807, 2.05) is 0 Å². The molecule has 4 nitrogen and oxygen atoms in total. The lowest BCUT2D eigenvalue weighted by Crippen LogP contribution is -2.21. The van der Waals surface area contributed by atoms with Crippen molar-refractivity contribution >= 4 is 27.4 Å². The van der Waals surface area contributed by atoms with E-state index in [2.05, 4.69) is 34.5 Å². The number of aryl methyl sites for hydroxylation is 1. The summed E-state index contributed by atoms with van der Waals surface area (Å²) in [6.07, 6.45) is 3.12. The topological polar surface area (TPSA) is 47.0 Å². The second kappa shape index (κ2) is 4.82. The fraction of sp³-hybridized carbons (Fsp3) is 0.538. The zero-order valence-corrected chi connectivity index (χ0v) is 11.5. The van der Waals surface area contributed by atoms with Crippen molar-refractivity contribution in [1.82, 2.24) is 9.97 Å². The summed E-state index contributed by atoms with van der Waals surface area (Å²) in [6.45, 7) is 6.03. The number of ether oxygens (including phenoxy) is 1. The molecule has 1 aliphatic heterocycles. The number of hydrogen-bond acceptors (Lipinski definition) is 5. The van der Waals surface area contributed by atoms with Gasteiger partial charge in [-0.2, -0.15) is 0 Å². The van der Waals surface area contributed by atoms with Gasteiger partial charge in [0, 0.05) is 19.1 Å². The van der Waals surface area contributed by atoms with Crippen LogP contribution in [0.3, 0.4) is 0 Å². The number of anilines is 1. The summed E-state index contributed by atoms with van der Waals surface area (Å²) in [5.41, 5.74) is 2.28. The molecule has 2 unspecified atom stereocenters. The lowest BCUT2D eigenvalue weighted by Gasteiger charge is -2.15. The summed E-state index contributed by atoms with van der Waals surface area (Å²) < 4.78 is 6.73. The molecule has 18 heavy (non-hydrogen) atoms. The molecule has 0 radical (unpaired) electrons. The van der Waals surface area contributed by atoms with Gasteiger partial charge in [-0.3, -0.25) is 0 Å². The zero-order chi connectivity index (χ0) is 12.5. The van der Waals surface area contributed by atoms with Crippen LogP contribution < -0.4 is 5.32 Å². The maximum atomic E-state index is 5.58. The second-order valence-corrected chi connectivity index (χ2v) is 5.70. The SMILES string of the molecule is Cc1csc2c(NCC3CCOC3C)ncnc12. The average Bonchev–Trinajstić information content (AvgIpc) is 2.95. The molecule has 0 bridgehead atoms. The van der Waals surface area contributed by atoms with Gasteiger partial charge in [-0.15, -0.1) is 11.3 Å².